The van der Waals surface area contributed by atoms with E-state index >= 15 is 0 Å². The molecule has 12 N–H and O–H groups in total. The first kappa shape index (κ1) is 57.4. The van der Waals surface area contributed by atoms with E-state index in [2.05, 4.69) is 61.5 Å². The fourth-order valence-electron chi connectivity index (χ4n) is 11.9. The minimum absolute atomic E-state index is 0.185. The number of nitrogens with zero attached hydrogens (tertiary/aromatic N) is 8. The van der Waals surface area contributed by atoms with E-state index in [0.717, 1.165) is 134 Å². The van der Waals surface area contributed by atoms with Gasteiger partial charge < -0.3 is 63.4 Å². The van der Waals surface area contributed by atoms with Crippen molar-refractivity contribution < 1.29 is 19.8 Å². The number of hydrogen-bond acceptors (Lipinski definition) is 18. The Morgan fingerprint density at radius 2 is 0.919 bits per heavy atom. The molecule has 2 aromatic rings. The van der Waals surface area contributed by atoms with Gasteiger partial charge in [0.1, 0.15) is 23.3 Å². The van der Waals surface area contributed by atoms with Gasteiger partial charge in [0.2, 0.25) is 11.9 Å². The third kappa shape index (κ3) is 21.0. The minimum atomic E-state index is -0.746. The van der Waals surface area contributed by atoms with Crippen molar-refractivity contribution in [2.24, 2.45) is 11.8 Å². The van der Waals surface area contributed by atoms with Crippen LogP contribution in [0.5, 0.6) is 0 Å². The maximum Gasteiger partial charge on any atom is 0.304 e. The quantitative estimate of drug-likeness (QED) is 0.0553. The molecule has 4 aliphatic carbocycles. The van der Waals surface area contributed by atoms with Crippen LogP contribution >= 0.6 is 0 Å². The molecule has 6 fully saturated rings. The summed E-state index contributed by atoms with van der Waals surface area (Å²) < 4.78 is 0. The van der Waals surface area contributed by atoms with Gasteiger partial charge in [0.05, 0.1) is 12.8 Å². The summed E-state index contributed by atoms with van der Waals surface area (Å²) in [5, 5.41) is 39.8. The normalized spacial score (nSPS) is 23.7. The second-order valence-electron chi connectivity index (χ2n) is 22.3. The van der Waals surface area contributed by atoms with Gasteiger partial charge in [-0.25, -0.2) is 0 Å². The Bertz CT molecular complexity index is 1910. The number of carbonyl (C=O) groups is 2. The van der Waals surface area contributed by atoms with Crippen molar-refractivity contribution in [2.45, 2.75) is 165 Å². The van der Waals surface area contributed by atoms with Crippen LogP contribution in [0.25, 0.3) is 0 Å². The first-order chi connectivity index (χ1) is 36.1. The van der Waals surface area contributed by atoms with E-state index < -0.39 is 11.9 Å². The van der Waals surface area contributed by atoms with E-state index in [1.165, 1.54) is 116 Å². The van der Waals surface area contributed by atoms with Gasteiger partial charge in [0, 0.05) is 108 Å². The van der Waals surface area contributed by atoms with Gasteiger partial charge in [-0.2, -0.15) is 19.9 Å². The summed E-state index contributed by atoms with van der Waals surface area (Å²) in [4.78, 5) is 48.8. The van der Waals surface area contributed by atoms with Crippen molar-refractivity contribution in [2.75, 3.05) is 137 Å². The minimum Gasteiger partial charge on any atom is -0.481 e. The number of aliphatic carboxylic acids is 2. The van der Waals surface area contributed by atoms with E-state index in [1.807, 2.05) is 12.1 Å². The predicted molar refractivity (Wildman–Crippen MR) is 298 cm³/mol. The molecular formula is C54H96N16O4. The molecule has 0 unspecified atom stereocenters. The largest absolute Gasteiger partial charge is 0.481 e. The summed E-state index contributed by atoms with van der Waals surface area (Å²) in [5.41, 5.74) is 12.2. The maximum absolute atomic E-state index is 10.8. The zero-order valence-corrected chi connectivity index (χ0v) is 44.9. The molecule has 8 rings (SSSR count). The van der Waals surface area contributed by atoms with Crippen LogP contribution in [-0.2, 0) is 9.59 Å². The van der Waals surface area contributed by atoms with Crippen molar-refractivity contribution >= 4 is 47.1 Å². The Hall–Kier alpha value is -4.34. The molecule has 2 aliphatic heterocycles. The molecule has 0 atom stereocenters. The lowest BCUT2D eigenvalue weighted by molar-refractivity contribution is -0.138. The molecule has 4 heterocycles. The first-order valence-electron chi connectivity index (χ1n) is 29.2. The van der Waals surface area contributed by atoms with Crippen LogP contribution in [0.1, 0.15) is 141 Å². The molecule has 2 saturated heterocycles. The van der Waals surface area contributed by atoms with Crippen molar-refractivity contribution in [1.29, 1.82) is 0 Å². The summed E-state index contributed by atoms with van der Waals surface area (Å²) in [6.45, 7) is 14.2. The number of carboxylic acids is 2. The number of anilines is 6. The predicted octanol–water partition coefficient (Wildman–Crippen LogP) is 5.06. The zero-order valence-electron chi connectivity index (χ0n) is 44.9. The number of rotatable bonds is 26. The van der Waals surface area contributed by atoms with Gasteiger partial charge in [-0.15, -0.1) is 0 Å². The Morgan fingerprint density at radius 1 is 0.500 bits per heavy atom. The standard InChI is InChI=1S/2C27H48N8O2/c28-24-19-25(35-17-15-34(16-18-35)14-11-26(36)37)33-27(32-24)31-20-21-7-9-23(10-8-21)30-13-4-12-29-22-5-2-1-3-6-22;28-24-19-25(35-17-15-34(16-18-35)14-11-26(36)37)33-27(32-24)31-23-9-7-21(8-10-23)20-29-12-4-13-30-22-5-2-1-3-6-22/h2*19,21-23,29-30H,1-18,20H2,(H,36,37)(H3,28,31,32,33). The van der Waals surface area contributed by atoms with Crippen LogP contribution in [0.15, 0.2) is 12.1 Å². The second-order valence-corrected chi connectivity index (χ2v) is 22.3. The van der Waals surface area contributed by atoms with Crippen molar-refractivity contribution in [3.05, 3.63) is 12.1 Å². The molecule has 74 heavy (non-hydrogen) atoms. The van der Waals surface area contributed by atoms with Crippen LogP contribution in [0.3, 0.4) is 0 Å². The van der Waals surface area contributed by atoms with Crippen molar-refractivity contribution in [3.63, 3.8) is 0 Å². The van der Waals surface area contributed by atoms with E-state index in [1.54, 1.807) is 0 Å². The zero-order chi connectivity index (χ0) is 51.7. The van der Waals surface area contributed by atoms with Crippen LogP contribution < -0.4 is 53.2 Å². The summed E-state index contributed by atoms with van der Waals surface area (Å²) in [5.74, 6) is 3.78. The number of carboxylic acid groups (broad SMARTS) is 2. The maximum atomic E-state index is 10.8. The summed E-state index contributed by atoms with van der Waals surface area (Å²) >= 11 is 0. The van der Waals surface area contributed by atoms with Gasteiger partial charge in [-0.3, -0.25) is 19.4 Å². The number of nitrogen functional groups attached to an aromatic ring is 2. The van der Waals surface area contributed by atoms with Crippen molar-refractivity contribution in [3.8, 4) is 0 Å². The Kier molecular flexibility index (Phi) is 24.5. The molecule has 20 heteroatoms. The number of nitrogens with two attached hydrogens (primary N) is 2. The lowest BCUT2D eigenvalue weighted by atomic mass is 9.86. The Balaban J connectivity index is 0.000000216. The molecule has 0 spiro atoms. The Labute approximate surface area is 442 Å². The van der Waals surface area contributed by atoms with Gasteiger partial charge in [0.15, 0.2) is 0 Å². The molecule has 0 aromatic carbocycles. The van der Waals surface area contributed by atoms with Crippen LogP contribution in [0, 0.1) is 11.8 Å². The fourth-order valence-corrected chi connectivity index (χ4v) is 11.9. The number of piperazine rings is 2. The molecule has 0 radical (unpaired) electrons. The van der Waals surface area contributed by atoms with Crippen LogP contribution in [0.2, 0.25) is 0 Å². The average Bonchev–Trinajstić information content (AvgIpc) is 3.41. The van der Waals surface area contributed by atoms with E-state index in [-0.39, 0.29) is 12.8 Å². The summed E-state index contributed by atoms with van der Waals surface area (Å²) in [6, 6.07) is 6.23. The van der Waals surface area contributed by atoms with Crippen molar-refractivity contribution in [1.82, 2.24) is 51.0 Å². The van der Waals surface area contributed by atoms with E-state index in [9.17, 15) is 9.59 Å². The van der Waals surface area contributed by atoms with E-state index in [0.29, 0.717) is 54.6 Å². The Morgan fingerprint density at radius 3 is 1.41 bits per heavy atom. The van der Waals surface area contributed by atoms with Gasteiger partial charge in [-0.05, 0) is 134 Å². The van der Waals surface area contributed by atoms with Gasteiger partial charge in [0.25, 0.3) is 0 Å². The lowest BCUT2D eigenvalue weighted by Crippen LogP contribution is -2.47. The average molecular weight is 1030 g/mol. The highest BCUT2D eigenvalue weighted by atomic mass is 16.4. The van der Waals surface area contributed by atoms with Gasteiger partial charge >= 0.3 is 11.9 Å². The SMILES string of the molecule is Nc1cc(N2CCN(CCC(=O)O)CC2)nc(NC2CCC(CNCCCNC3CCCCC3)CC2)n1.Nc1cc(N2CCN(CCC(=O)O)CC2)nc(NCC2CCC(NCCCNC3CCCCC3)CC2)n1. The smallest absolute Gasteiger partial charge is 0.304 e. The third-order valence-electron chi connectivity index (χ3n) is 16.5. The first-order valence-corrected chi connectivity index (χ1v) is 29.2. The van der Waals surface area contributed by atoms with E-state index in [4.69, 9.17) is 31.6 Å². The molecule has 0 bridgehead atoms. The molecule has 416 valence electrons. The highest BCUT2D eigenvalue weighted by molar-refractivity contribution is 5.67. The topological polar surface area (TPSA) is 263 Å². The fraction of sp³-hybridized carbons (Fsp3) is 0.815. The third-order valence-corrected chi connectivity index (χ3v) is 16.5. The number of hydrogen-bond donors (Lipinski definition) is 10. The molecule has 20 nitrogen and oxygen atoms in total. The van der Waals surface area contributed by atoms with Gasteiger partial charge in [-0.1, -0.05) is 38.5 Å². The highest BCUT2D eigenvalue weighted by Gasteiger charge is 2.26. The molecule has 0 amide bonds. The van der Waals surface area contributed by atoms with Crippen LogP contribution in [-0.4, -0.2) is 181 Å². The lowest BCUT2D eigenvalue weighted by Gasteiger charge is -2.35. The monoisotopic (exact) mass is 1030 g/mol. The number of nitrogens with one attached hydrogen (secondary N) is 6. The molecule has 6 aliphatic rings. The van der Waals surface area contributed by atoms with Crippen LogP contribution in [0.4, 0.5) is 35.2 Å². The molecular weight excluding hydrogens is 937 g/mol. The highest BCUT2D eigenvalue weighted by Crippen LogP contribution is 2.28. The summed E-state index contributed by atoms with van der Waals surface area (Å²) in [6.07, 6.45) is 26.3. The summed E-state index contributed by atoms with van der Waals surface area (Å²) in [7, 11) is 0. The second kappa shape index (κ2) is 31.6. The molecule has 2 aromatic heterocycles. The molecule has 4 saturated carbocycles. The number of aromatic nitrogens is 4.